The van der Waals surface area contributed by atoms with Gasteiger partial charge in [-0.25, -0.2) is 0 Å². The lowest BCUT2D eigenvalue weighted by atomic mass is 9.50. The monoisotopic (exact) mass is 301 g/mol. The van der Waals surface area contributed by atoms with Gasteiger partial charge in [0.2, 0.25) is 0 Å². The Morgan fingerprint density at radius 1 is 1.10 bits per heavy atom. The molecule has 1 atom stereocenters. The zero-order valence-electron chi connectivity index (χ0n) is 11.9. The van der Waals surface area contributed by atoms with Crippen molar-refractivity contribution < 1.29 is 28.2 Å². The average Bonchev–Trinajstić information content (AvgIpc) is 2.35. The third-order valence-corrected chi connectivity index (χ3v) is 5.57. The van der Waals surface area contributed by atoms with Crippen LogP contribution in [-0.2, 0) is 14.3 Å². The van der Waals surface area contributed by atoms with Crippen molar-refractivity contribution in [2.45, 2.75) is 51.1 Å². The molecule has 4 rings (SSSR count). The first-order valence-electron chi connectivity index (χ1n) is 7.55. The number of alkyl halides is 2. The van der Waals surface area contributed by atoms with Gasteiger partial charge in [0.15, 0.2) is 6.10 Å². The van der Waals surface area contributed by atoms with Crippen LogP contribution in [0.15, 0.2) is 0 Å². The van der Waals surface area contributed by atoms with Gasteiger partial charge in [-0.05, 0) is 55.8 Å². The van der Waals surface area contributed by atoms with E-state index in [0.717, 1.165) is 39.0 Å². The molecule has 4 aliphatic carbocycles. The first-order valence-corrected chi connectivity index (χ1v) is 7.55. The fraction of sp³-hybridized carbons (Fsp3) is 0.867. The molecule has 21 heavy (non-hydrogen) atoms. The third-order valence-electron chi connectivity index (χ3n) is 5.57. The van der Waals surface area contributed by atoms with E-state index in [-0.39, 0.29) is 11.8 Å². The molecule has 0 aliphatic heterocycles. The van der Waals surface area contributed by atoms with Gasteiger partial charge < -0.3 is 14.6 Å². The Kier molecular flexibility index (Phi) is 3.45. The van der Waals surface area contributed by atoms with Gasteiger partial charge in [0.25, 0.3) is 0 Å². The van der Waals surface area contributed by atoms with E-state index < -0.39 is 29.9 Å². The van der Waals surface area contributed by atoms with E-state index in [9.17, 15) is 23.5 Å². The fourth-order valence-electron chi connectivity index (χ4n) is 5.15. The normalized spacial score (nSPS) is 39.1. The predicted octanol–water partition coefficient (Wildman–Crippen LogP) is 1.38. The first kappa shape index (κ1) is 14.7. The lowest BCUT2D eigenvalue weighted by molar-refractivity contribution is -0.340. The van der Waals surface area contributed by atoms with Crippen LogP contribution in [0.2, 0.25) is 0 Å². The van der Waals surface area contributed by atoms with E-state index in [2.05, 4.69) is 0 Å². The van der Waals surface area contributed by atoms with E-state index >= 15 is 0 Å². The lowest BCUT2D eigenvalue weighted by Crippen LogP contribution is -2.60. The minimum absolute atomic E-state index is 0.0378. The van der Waals surface area contributed by atoms with E-state index in [0.29, 0.717) is 11.8 Å². The standard InChI is InChI=1S/C15H20F2O4/c1-7(18)21-13(15(16,17)14(19)20)12-10-3-8-2-9(5-10)6-11(12)4-8/h8-13H,2-6H2,1H3,(H,19,20)/p-1. The minimum atomic E-state index is -4.13. The van der Waals surface area contributed by atoms with Crippen LogP contribution >= 0.6 is 0 Å². The van der Waals surface area contributed by atoms with E-state index in [1.165, 1.54) is 0 Å². The quantitative estimate of drug-likeness (QED) is 0.736. The van der Waals surface area contributed by atoms with Crippen LogP contribution in [0, 0.1) is 29.6 Å². The van der Waals surface area contributed by atoms with Crippen molar-refractivity contribution in [1.82, 2.24) is 0 Å². The number of halogens is 2. The maximum absolute atomic E-state index is 14.0. The van der Waals surface area contributed by atoms with Crippen molar-refractivity contribution in [3.8, 4) is 0 Å². The Morgan fingerprint density at radius 2 is 1.57 bits per heavy atom. The molecule has 0 spiro atoms. The summed E-state index contributed by atoms with van der Waals surface area (Å²) in [7, 11) is 0. The molecule has 6 heteroatoms. The number of carbonyl (C=O) groups is 2. The predicted molar refractivity (Wildman–Crippen MR) is 66.0 cm³/mol. The van der Waals surface area contributed by atoms with Crippen LogP contribution in [0.5, 0.6) is 0 Å². The number of esters is 1. The Bertz CT molecular complexity index is 435. The second-order valence-corrected chi connectivity index (χ2v) is 6.95. The Morgan fingerprint density at radius 3 is 1.95 bits per heavy atom. The van der Waals surface area contributed by atoms with Crippen molar-refractivity contribution in [2.24, 2.45) is 29.6 Å². The maximum Gasteiger partial charge on any atom is 0.323 e. The fourth-order valence-corrected chi connectivity index (χ4v) is 5.15. The number of carboxylic acid groups (broad SMARTS) is 1. The van der Waals surface area contributed by atoms with E-state index in [1.54, 1.807) is 0 Å². The number of carbonyl (C=O) groups excluding carboxylic acids is 2. The molecular formula is C15H19F2O4-. The molecule has 4 fully saturated rings. The van der Waals surface area contributed by atoms with Crippen molar-refractivity contribution in [1.29, 1.82) is 0 Å². The smallest absolute Gasteiger partial charge is 0.323 e. The van der Waals surface area contributed by atoms with Gasteiger partial charge in [-0.2, -0.15) is 8.78 Å². The molecule has 0 N–H and O–H groups in total. The van der Waals surface area contributed by atoms with Gasteiger partial charge in [0.05, 0.1) is 0 Å². The summed E-state index contributed by atoms with van der Waals surface area (Å²) in [5.74, 6) is -6.80. The van der Waals surface area contributed by atoms with Crippen LogP contribution < -0.4 is 5.11 Å². The number of carboxylic acids is 1. The van der Waals surface area contributed by atoms with Crippen molar-refractivity contribution >= 4 is 11.9 Å². The van der Waals surface area contributed by atoms with Crippen LogP contribution in [0.1, 0.15) is 39.0 Å². The van der Waals surface area contributed by atoms with Crippen molar-refractivity contribution in [2.75, 3.05) is 0 Å². The molecule has 4 nitrogen and oxygen atoms in total. The highest BCUT2D eigenvalue weighted by molar-refractivity contribution is 5.75. The van der Waals surface area contributed by atoms with Gasteiger partial charge in [0.1, 0.15) is 5.97 Å². The maximum atomic E-state index is 14.0. The summed E-state index contributed by atoms with van der Waals surface area (Å²) < 4.78 is 32.9. The largest absolute Gasteiger partial charge is 0.544 e. The number of aliphatic carboxylic acids is 1. The zero-order valence-corrected chi connectivity index (χ0v) is 11.9. The molecule has 0 amide bonds. The summed E-state index contributed by atoms with van der Waals surface area (Å²) >= 11 is 0. The Labute approximate surface area is 121 Å². The molecule has 118 valence electrons. The van der Waals surface area contributed by atoms with Gasteiger partial charge in [-0.15, -0.1) is 0 Å². The van der Waals surface area contributed by atoms with Crippen LogP contribution in [-0.4, -0.2) is 24.0 Å². The summed E-state index contributed by atoms with van der Waals surface area (Å²) in [6, 6.07) is 0. The summed E-state index contributed by atoms with van der Waals surface area (Å²) in [6.45, 7) is 1.04. The molecule has 0 aromatic carbocycles. The van der Waals surface area contributed by atoms with Gasteiger partial charge in [-0.1, -0.05) is 0 Å². The molecule has 4 aliphatic rings. The topological polar surface area (TPSA) is 66.4 Å². The second kappa shape index (κ2) is 4.92. The number of hydrogen-bond donors (Lipinski definition) is 0. The molecule has 0 radical (unpaired) electrons. The highest BCUT2D eigenvalue weighted by atomic mass is 19.3. The molecule has 0 heterocycles. The second-order valence-electron chi connectivity index (χ2n) is 6.95. The average molecular weight is 301 g/mol. The third kappa shape index (κ3) is 2.42. The van der Waals surface area contributed by atoms with E-state index in [4.69, 9.17) is 4.74 Å². The van der Waals surface area contributed by atoms with Gasteiger partial charge in [0, 0.05) is 12.8 Å². The van der Waals surface area contributed by atoms with Gasteiger partial charge in [-0.3, -0.25) is 4.79 Å². The van der Waals surface area contributed by atoms with Crippen molar-refractivity contribution in [3.05, 3.63) is 0 Å². The minimum Gasteiger partial charge on any atom is -0.544 e. The molecule has 0 aromatic rings. The summed E-state index contributed by atoms with van der Waals surface area (Å²) in [4.78, 5) is 22.0. The highest BCUT2D eigenvalue weighted by Crippen LogP contribution is 2.58. The van der Waals surface area contributed by atoms with Crippen molar-refractivity contribution in [3.63, 3.8) is 0 Å². The molecule has 4 bridgehead atoms. The number of ether oxygens (including phenoxy) is 1. The molecular weight excluding hydrogens is 282 g/mol. The summed E-state index contributed by atoms with van der Waals surface area (Å²) in [5, 5.41) is 10.8. The molecule has 0 saturated heterocycles. The van der Waals surface area contributed by atoms with Crippen LogP contribution in [0.25, 0.3) is 0 Å². The van der Waals surface area contributed by atoms with E-state index in [1.807, 2.05) is 0 Å². The molecule has 0 aromatic heterocycles. The Balaban J connectivity index is 1.89. The Hall–Kier alpha value is -1.20. The number of hydrogen-bond acceptors (Lipinski definition) is 4. The summed E-state index contributed by atoms with van der Waals surface area (Å²) in [6.07, 6.45) is 2.65. The lowest BCUT2D eigenvalue weighted by Gasteiger charge is -2.56. The van der Waals surface area contributed by atoms with Crippen LogP contribution in [0.3, 0.4) is 0 Å². The van der Waals surface area contributed by atoms with Crippen LogP contribution in [0.4, 0.5) is 8.78 Å². The SMILES string of the molecule is CC(=O)OC(C1C2CC3CC(C2)CC1C3)C(F)(F)C(=O)[O-]. The highest BCUT2D eigenvalue weighted by Gasteiger charge is 2.58. The molecule has 4 saturated carbocycles. The number of rotatable bonds is 4. The van der Waals surface area contributed by atoms with Gasteiger partial charge >= 0.3 is 11.9 Å². The summed E-state index contributed by atoms with van der Waals surface area (Å²) in [5.41, 5.74) is 0. The zero-order chi connectivity index (χ0) is 15.4. The first-order chi connectivity index (χ1) is 9.79. The molecule has 1 unspecified atom stereocenters.